The van der Waals surface area contributed by atoms with E-state index in [9.17, 15) is 4.79 Å². The fraction of sp³-hybridized carbons (Fsp3) is 0.455. The van der Waals surface area contributed by atoms with Gasteiger partial charge in [-0.1, -0.05) is 13.8 Å². The van der Waals surface area contributed by atoms with Crippen LogP contribution in [0.3, 0.4) is 0 Å². The van der Waals surface area contributed by atoms with Crippen molar-refractivity contribution in [2.24, 2.45) is 11.8 Å². The van der Waals surface area contributed by atoms with Crippen molar-refractivity contribution in [2.75, 3.05) is 19.0 Å². The first-order valence-corrected chi connectivity index (χ1v) is 5.22. The Balaban J connectivity index is 2.87. The highest BCUT2D eigenvalue weighted by molar-refractivity contribution is 5.99. The largest absolute Gasteiger partial charge is 0.341 e. The molecular formula is C11H18N4O. The number of hydrogen-bond donors (Lipinski definition) is 2. The van der Waals surface area contributed by atoms with Crippen LogP contribution in [0.5, 0.6) is 0 Å². The van der Waals surface area contributed by atoms with Crippen molar-refractivity contribution < 1.29 is 4.79 Å². The number of nitrogens with one attached hydrogen (secondary N) is 1. The molecule has 0 fully saturated rings. The van der Waals surface area contributed by atoms with E-state index in [4.69, 9.17) is 5.84 Å². The third-order valence-electron chi connectivity index (χ3n) is 2.19. The van der Waals surface area contributed by atoms with Crippen LogP contribution >= 0.6 is 0 Å². The number of hydrazine groups is 1. The fourth-order valence-electron chi connectivity index (χ4n) is 1.53. The number of carbonyl (C=O) groups is 1. The first-order chi connectivity index (χ1) is 7.56. The van der Waals surface area contributed by atoms with Crippen molar-refractivity contribution in [1.82, 2.24) is 9.88 Å². The molecule has 0 aliphatic heterocycles. The molecule has 1 aromatic rings. The highest BCUT2D eigenvalue weighted by atomic mass is 16.2. The lowest BCUT2D eigenvalue weighted by Gasteiger charge is -2.20. The summed E-state index contributed by atoms with van der Waals surface area (Å²) in [4.78, 5) is 17.7. The minimum atomic E-state index is -0.0743. The Kier molecular flexibility index (Phi) is 4.25. The Morgan fingerprint density at radius 1 is 1.62 bits per heavy atom. The Bertz CT molecular complexity index is 365. The van der Waals surface area contributed by atoms with Crippen LogP contribution in [0.2, 0.25) is 0 Å². The predicted molar refractivity (Wildman–Crippen MR) is 63.8 cm³/mol. The highest BCUT2D eigenvalue weighted by Crippen LogP contribution is 2.14. The zero-order valence-electron chi connectivity index (χ0n) is 9.90. The lowest BCUT2D eigenvalue weighted by atomic mass is 10.1. The lowest BCUT2D eigenvalue weighted by Crippen LogP contribution is -2.31. The normalized spacial score (nSPS) is 10.3. The summed E-state index contributed by atoms with van der Waals surface area (Å²) in [6, 6.07) is 1.68. The van der Waals surface area contributed by atoms with Gasteiger partial charge < -0.3 is 10.3 Å². The van der Waals surface area contributed by atoms with Gasteiger partial charge in [0.25, 0.3) is 5.91 Å². The van der Waals surface area contributed by atoms with E-state index in [1.54, 1.807) is 24.2 Å². The molecule has 3 N–H and O–H groups in total. The van der Waals surface area contributed by atoms with Crippen LogP contribution in [0.1, 0.15) is 24.2 Å². The standard InChI is InChI=1S/C11H18N4O/c1-8(2)7-15(3)11(16)9-6-13-5-4-10(9)14-12/h4-6,8H,7,12H2,1-3H3,(H,13,14). The molecule has 16 heavy (non-hydrogen) atoms. The molecule has 0 atom stereocenters. The van der Waals surface area contributed by atoms with Gasteiger partial charge in [0.15, 0.2) is 0 Å². The molecule has 0 aliphatic carbocycles. The molecular weight excluding hydrogens is 204 g/mol. The van der Waals surface area contributed by atoms with Crippen LogP contribution in [-0.2, 0) is 0 Å². The number of rotatable bonds is 4. The number of anilines is 1. The quantitative estimate of drug-likeness (QED) is 0.591. The van der Waals surface area contributed by atoms with Crippen LogP contribution < -0.4 is 11.3 Å². The summed E-state index contributed by atoms with van der Waals surface area (Å²) in [5.41, 5.74) is 3.58. The van der Waals surface area contributed by atoms with Gasteiger partial charge >= 0.3 is 0 Å². The topological polar surface area (TPSA) is 71.2 Å². The summed E-state index contributed by atoms with van der Waals surface area (Å²) < 4.78 is 0. The minimum Gasteiger partial charge on any atom is -0.341 e. The maximum Gasteiger partial charge on any atom is 0.257 e. The fourth-order valence-corrected chi connectivity index (χ4v) is 1.53. The van der Waals surface area contributed by atoms with Gasteiger partial charge in [-0.15, -0.1) is 0 Å². The number of pyridine rings is 1. The average molecular weight is 222 g/mol. The number of aromatic nitrogens is 1. The second-order valence-electron chi connectivity index (χ2n) is 4.15. The molecule has 0 saturated carbocycles. The van der Waals surface area contributed by atoms with Gasteiger partial charge in [-0.25, -0.2) is 0 Å². The molecule has 0 saturated heterocycles. The van der Waals surface area contributed by atoms with Crippen LogP contribution in [0.15, 0.2) is 18.5 Å². The summed E-state index contributed by atoms with van der Waals surface area (Å²) in [5.74, 6) is 5.70. The smallest absolute Gasteiger partial charge is 0.257 e. The molecule has 0 radical (unpaired) electrons. The summed E-state index contributed by atoms with van der Waals surface area (Å²) in [6.45, 7) is 4.84. The molecule has 5 nitrogen and oxygen atoms in total. The highest BCUT2D eigenvalue weighted by Gasteiger charge is 2.16. The van der Waals surface area contributed by atoms with Crippen LogP contribution in [0.25, 0.3) is 0 Å². The van der Waals surface area contributed by atoms with Crippen molar-refractivity contribution in [2.45, 2.75) is 13.8 Å². The van der Waals surface area contributed by atoms with Crippen molar-refractivity contribution in [3.8, 4) is 0 Å². The number of amides is 1. The third kappa shape index (κ3) is 2.93. The van der Waals surface area contributed by atoms with E-state index in [0.717, 1.165) is 0 Å². The molecule has 1 amide bonds. The van der Waals surface area contributed by atoms with Crippen molar-refractivity contribution in [1.29, 1.82) is 0 Å². The molecule has 0 unspecified atom stereocenters. The number of nitrogen functional groups attached to an aromatic ring is 1. The lowest BCUT2D eigenvalue weighted by molar-refractivity contribution is 0.0779. The van der Waals surface area contributed by atoms with Crippen LogP contribution in [0, 0.1) is 5.92 Å². The van der Waals surface area contributed by atoms with Crippen molar-refractivity contribution >= 4 is 11.6 Å². The molecule has 0 spiro atoms. The Morgan fingerprint density at radius 2 is 2.31 bits per heavy atom. The van der Waals surface area contributed by atoms with Gasteiger partial charge in [0, 0.05) is 26.0 Å². The van der Waals surface area contributed by atoms with Gasteiger partial charge in [-0.05, 0) is 12.0 Å². The zero-order valence-corrected chi connectivity index (χ0v) is 9.90. The molecule has 0 aliphatic rings. The molecule has 1 rings (SSSR count). The maximum absolute atomic E-state index is 12.1. The van der Waals surface area contributed by atoms with Crippen molar-refractivity contribution in [3.05, 3.63) is 24.0 Å². The van der Waals surface area contributed by atoms with Gasteiger partial charge in [0.1, 0.15) is 0 Å². The first-order valence-electron chi connectivity index (χ1n) is 5.22. The Labute approximate surface area is 95.6 Å². The number of hydrogen-bond acceptors (Lipinski definition) is 4. The van der Waals surface area contributed by atoms with Gasteiger partial charge in [-0.2, -0.15) is 0 Å². The maximum atomic E-state index is 12.1. The van der Waals surface area contributed by atoms with E-state index in [1.807, 2.05) is 0 Å². The molecule has 0 aromatic carbocycles. The predicted octanol–water partition coefficient (Wildman–Crippen LogP) is 1.10. The minimum absolute atomic E-state index is 0.0743. The zero-order chi connectivity index (χ0) is 12.1. The van der Waals surface area contributed by atoms with Gasteiger partial charge in [0.05, 0.1) is 11.3 Å². The van der Waals surface area contributed by atoms with E-state index >= 15 is 0 Å². The molecule has 5 heteroatoms. The van der Waals surface area contributed by atoms with E-state index in [1.165, 1.54) is 6.20 Å². The van der Waals surface area contributed by atoms with Gasteiger partial charge in [-0.3, -0.25) is 15.6 Å². The van der Waals surface area contributed by atoms with E-state index in [0.29, 0.717) is 23.7 Å². The molecule has 1 aromatic heterocycles. The molecule has 1 heterocycles. The SMILES string of the molecule is CC(C)CN(C)C(=O)c1cnccc1NN. The Hall–Kier alpha value is -1.62. The second-order valence-corrected chi connectivity index (χ2v) is 4.15. The average Bonchev–Trinajstić information content (AvgIpc) is 2.27. The summed E-state index contributed by atoms with van der Waals surface area (Å²) >= 11 is 0. The van der Waals surface area contributed by atoms with E-state index < -0.39 is 0 Å². The first kappa shape index (κ1) is 12.4. The van der Waals surface area contributed by atoms with E-state index in [2.05, 4.69) is 24.3 Å². The monoisotopic (exact) mass is 222 g/mol. The number of carbonyl (C=O) groups excluding carboxylic acids is 1. The van der Waals surface area contributed by atoms with Crippen molar-refractivity contribution in [3.63, 3.8) is 0 Å². The van der Waals surface area contributed by atoms with Crippen LogP contribution in [-0.4, -0.2) is 29.4 Å². The summed E-state index contributed by atoms with van der Waals surface area (Å²) in [6.07, 6.45) is 3.11. The van der Waals surface area contributed by atoms with Gasteiger partial charge in [0.2, 0.25) is 0 Å². The number of nitrogens with two attached hydrogens (primary N) is 1. The summed E-state index contributed by atoms with van der Waals surface area (Å²) in [5, 5.41) is 0. The van der Waals surface area contributed by atoms with Crippen LogP contribution in [0.4, 0.5) is 5.69 Å². The third-order valence-corrected chi connectivity index (χ3v) is 2.19. The van der Waals surface area contributed by atoms with E-state index in [-0.39, 0.29) is 5.91 Å². The molecule has 0 bridgehead atoms. The molecule has 88 valence electrons. The second kappa shape index (κ2) is 5.46. The summed E-state index contributed by atoms with van der Waals surface area (Å²) in [7, 11) is 1.77. The Morgan fingerprint density at radius 3 is 2.88 bits per heavy atom. The number of nitrogens with zero attached hydrogens (tertiary/aromatic N) is 2.